The molecule has 16 nitrogen and oxygen atoms in total. The molecule has 244 valence electrons. The summed E-state index contributed by atoms with van der Waals surface area (Å²) in [7, 11) is -7.90. The number of fused-ring (bicyclic) bond motifs is 1. The van der Waals surface area contributed by atoms with Crippen molar-refractivity contribution in [3.63, 3.8) is 0 Å². The lowest BCUT2D eigenvalue weighted by Gasteiger charge is -2.14. The molecule has 2 atom stereocenters. The van der Waals surface area contributed by atoms with Gasteiger partial charge in [-0.3, -0.25) is 9.81 Å². The average molecular weight is 694 g/mol. The monoisotopic (exact) mass is 693 g/mol. The molecule has 0 saturated heterocycles. The number of aromatic hydroxyl groups is 1. The van der Waals surface area contributed by atoms with Gasteiger partial charge in [-0.2, -0.15) is 13.5 Å². The van der Waals surface area contributed by atoms with Crippen molar-refractivity contribution in [1.82, 2.24) is 0 Å². The number of phenols is 1. The average Bonchev–Trinajstić information content (AvgIpc) is 2.98. The fraction of sp³-hybridized carbons (Fsp3) is 0.185. The van der Waals surface area contributed by atoms with Crippen molar-refractivity contribution in [2.45, 2.75) is 28.2 Å². The number of azo groups is 2. The second-order valence-electron chi connectivity index (χ2n) is 9.72. The smallest absolute Gasteiger partial charge is 0.296 e. The molecule has 0 amide bonds. The number of phenolic OH excluding ortho intramolecular Hbond substituents is 1. The van der Waals surface area contributed by atoms with E-state index in [1.165, 1.54) is 13.2 Å². The summed E-state index contributed by atoms with van der Waals surface area (Å²) in [4.78, 5) is 2.61. The van der Waals surface area contributed by atoms with E-state index in [4.69, 9.17) is 15.7 Å². The molecule has 0 radical (unpaired) electrons. The number of methoxy groups -OCH3 is 1. The van der Waals surface area contributed by atoms with Crippen LogP contribution in [0, 0.1) is 13.8 Å². The minimum atomic E-state index is -4.93. The molecule has 6 N–H and O–H groups in total. The Morgan fingerprint density at radius 1 is 0.935 bits per heavy atom. The van der Waals surface area contributed by atoms with E-state index in [1.54, 1.807) is 19.1 Å². The van der Waals surface area contributed by atoms with Crippen molar-refractivity contribution in [2.24, 2.45) is 20.5 Å². The molecular weight excluding hydrogens is 667 g/mol. The summed E-state index contributed by atoms with van der Waals surface area (Å²) in [6.45, 7) is 2.47. The number of anilines is 1. The van der Waals surface area contributed by atoms with Gasteiger partial charge < -0.3 is 20.1 Å². The minimum absolute atomic E-state index is 0.00997. The fourth-order valence-corrected chi connectivity index (χ4v) is 7.47. The summed E-state index contributed by atoms with van der Waals surface area (Å²) in [5.74, 6) is -0.0290. The van der Waals surface area contributed by atoms with Crippen LogP contribution < -0.4 is 10.5 Å². The van der Waals surface area contributed by atoms with E-state index in [-0.39, 0.29) is 27.8 Å². The van der Waals surface area contributed by atoms with E-state index in [0.29, 0.717) is 17.0 Å². The largest absolute Gasteiger partial charge is 0.505 e. The number of nitrogens with two attached hydrogens (primary N) is 1. The third-order valence-electron chi connectivity index (χ3n) is 6.62. The van der Waals surface area contributed by atoms with Crippen LogP contribution in [0.5, 0.6) is 11.5 Å². The summed E-state index contributed by atoms with van der Waals surface area (Å²) >= 11 is -2.90. The van der Waals surface area contributed by atoms with Crippen molar-refractivity contribution in [3.8, 4) is 11.5 Å². The fourth-order valence-electron chi connectivity index (χ4n) is 4.36. The summed E-state index contributed by atoms with van der Waals surface area (Å²) in [5.41, 5.74) is 7.02. The highest BCUT2D eigenvalue weighted by molar-refractivity contribution is 8.04. The number of aryl methyl sites for hydroxylation is 2. The van der Waals surface area contributed by atoms with Gasteiger partial charge in [0.1, 0.15) is 34.3 Å². The van der Waals surface area contributed by atoms with E-state index >= 15 is 0 Å². The highest BCUT2D eigenvalue weighted by Gasteiger charge is 2.33. The quantitative estimate of drug-likeness (QED) is 0.0319. The summed E-state index contributed by atoms with van der Waals surface area (Å²) in [6, 6.07) is 12.1. The van der Waals surface area contributed by atoms with Crippen LogP contribution in [0.25, 0.3) is 10.8 Å². The van der Waals surface area contributed by atoms with Crippen LogP contribution in [0.1, 0.15) is 11.1 Å². The van der Waals surface area contributed by atoms with Gasteiger partial charge in [-0.25, -0.2) is 17.5 Å². The first kappa shape index (κ1) is 34.5. The second-order valence-corrected chi connectivity index (χ2v) is 14.7. The number of ether oxygens (including phenoxy) is 1. The topological polar surface area (TPSA) is 260 Å². The van der Waals surface area contributed by atoms with Crippen molar-refractivity contribution in [1.29, 1.82) is 0 Å². The van der Waals surface area contributed by atoms with E-state index < -0.39 is 63.5 Å². The highest BCUT2D eigenvalue weighted by atomic mass is 32.3. The Hall–Kier alpha value is -4.37. The molecule has 2 unspecified atom stereocenters. The maximum Gasteiger partial charge on any atom is 0.296 e. The Kier molecular flexibility index (Phi) is 10.2. The molecule has 19 heteroatoms. The number of hydrogen-bond donors (Lipinski definition) is 5. The highest BCUT2D eigenvalue weighted by Crippen LogP contribution is 2.47. The molecule has 0 aliphatic carbocycles. The zero-order valence-corrected chi connectivity index (χ0v) is 26.7. The number of rotatable bonds is 11. The van der Waals surface area contributed by atoms with Crippen molar-refractivity contribution in [2.75, 3.05) is 19.5 Å². The van der Waals surface area contributed by atoms with Crippen LogP contribution in [0.15, 0.2) is 84.8 Å². The van der Waals surface area contributed by atoms with Crippen molar-refractivity contribution >= 4 is 70.2 Å². The Balaban J connectivity index is 1.81. The molecule has 0 saturated carbocycles. The Morgan fingerprint density at radius 2 is 1.59 bits per heavy atom. The standard InChI is InChI=1S/C27H27N5O11S3/c1-14-4-9-20(42-3)19(10-14)30-31-25-15(2)11-16-12-21(46(39,40)41)26(24(28)23(16)27(25)33)32-29-17-5-7-18(8-6-17)45(37,38)22(13-43-34)44(35)36/h4-12,22,33-34H,13,28H2,1-3H3,(H,35,36)(H,39,40,41). The molecule has 4 rings (SSSR count). The SMILES string of the molecule is COc1ccc(C)cc1N=Nc1c(C)cc2cc(S(=O)(=O)O)c(N=Nc3ccc(S(=O)(=O)C(COO)S(=O)O)cc3)c(N)c2c1O. The predicted octanol–water partition coefficient (Wildman–Crippen LogP) is 5.64. The van der Waals surface area contributed by atoms with Crippen LogP contribution in [-0.4, -0.2) is 58.8 Å². The van der Waals surface area contributed by atoms with Crippen LogP contribution in [0.3, 0.4) is 0 Å². The first-order valence-corrected chi connectivity index (χ1v) is 17.0. The second kappa shape index (κ2) is 13.5. The van der Waals surface area contributed by atoms with Gasteiger partial charge in [0.15, 0.2) is 31.2 Å². The third kappa shape index (κ3) is 7.04. The lowest BCUT2D eigenvalue weighted by Crippen LogP contribution is -2.30. The lowest BCUT2D eigenvalue weighted by molar-refractivity contribution is -0.238. The number of sulfone groups is 1. The first-order chi connectivity index (χ1) is 21.6. The molecule has 4 aromatic carbocycles. The maximum absolute atomic E-state index is 12.7. The predicted molar refractivity (Wildman–Crippen MR) is 167 cm³/mol. The molecule has 0 spiro atoms. The van der Waals surface area contributed by atoms with Gasteiger partial charge in [-0.15, -0.1) is 15.3 Å². The molecule has 0 aliphatic heterocycles. The number of hydrogen-bond acceptors (Lipinski definition) is 14. The Morgan fingerprint density at radius 3 is 2.17 bits per heavy atom. The number of nitrogens with zero attached hydrogens (tertiary/aromatic N) is 4. The molecule has 0 aromatic heterocycles. The lowest BCUT2D eigenvalue weighted by atomic mass is 10.0. The van der Waals surface area contributed by atoms with E-state index in [1.807, 2.05) is 13.0 Å². The van der Waals surface area contributed by atoms with Gasteiger partial charge in [0.2, 0.25) is 0 Å². The van der Waals surface area contributed by atoms with E-state index in [9.17, 15) is 35.3 Å². The maximum atomic E-state index is 12.7. The molecule has 46 heavy (non-hydrogen) atoms. The molecule has 0 bridgehead atoms. The van der Waals surface area contributed by atoms with Gasteiger partial charge in [-0.1, -0.05) is 6.07 Å². The van der Waals surface area contributed by atoms with Crippen molar-refractivity contribution < 1.29 is 50.1 Å². The Bertz CT molecular complexity index is 2120. The zero-order valence-electron chi connectivity index (χ0n) is 24.2. The third-order valence-corrected chi connectivity index (χ3v) is 11.1. The van der Waals surface area contributed by atoms with Gasteiger partial charge in [0.05, 0.1) is 28.8 Å². The summed E-state index contributed by atoms with van der Waals surface area (Å²) < 4.78 is 84.1. The first-order valence-electron chi connectivity index (χ1n) is 12.8. The van der Waals surface area contributed by atoms with Gasteiger partial charge in [-0.05, 0) is 78.9 Å². The Labute approximate surface area is 265 Å². The van der Waals surface area contributed by atoms with Crippen LogP contribution in [-0.2, 0) is 35.9 Å². The molecule has 0 heterocycles. The van der Waals surface area contributed by atoms with Crippen molar-refractivity contribution in [3.05, 3.63) is 65.7 Å². The van der Waals surface area contributed by atoms with Crippen LogP contribution >= 0.6 is 0 Å². The van der Waals surface area contributed by atoms with Crippen LogP contribution in [0.4, 0.5) is 28.4 Å². The molecule has 0 fully saturated rings. The van der Waals surface area contributed by atoms with E-state index in [2.05, 4.69) is 25.3 Å². The van der Waals surface area contributed by atoms with Gasteiger partial charge in [0, 0.05) is 0 Å². The zero-order chi connectivity index (χ0) is 34.0. The number of nitrogen functional groups attached to an aromatic ring is 1. The van der Waals surface area contributed by atoms with Gasteiger partial charge in [0.25, 0.3) is 10.1 Å². The molecular formula is C27H27N5O11S3. The molecule has 0 aliphatic rings. The van der Waals surface area contributed by atoms with Gasteiger partial charge >= 0.3 is 0 Å². The summed E-state index contributed by atoms with van der Waals surface area (Å²) in [5, 5.41) is 36.1. The summed E-state index contributed by atoms with van der Waals surface area (Å²) in [6.07, 6.45) is 0. The normalized spacial score (nSPS) is 13.9. The minimum Gasteiger partial charge on any atom is -0.505 e. The molecule has 4 aromatic rings. The van der Waals surface area contributed by atoms with Crippen LogP contribution in [0.2, 0.25) is 0 Å². The number of benzene rings is 4. The van der Waals surface area contributed by atoms with E-state index in [0.717, 1.165) is 35.9 Å².